The number of carbonyl (C=O) groups is 3. The molecule has 2 rings (SSSR count). The quantitative estimate of drug-likeness (QED) is 0.653. The van der Waals surface area contributed by atoms with E-state index in [0.29, 0.717) is 16.9 Å². The Morgan fingerprint density at radius 3 is 1.88 bits per heavy atom. The van der Waals surface area contributed by atoms with E-state index < -0.39 is 5.91 Å². The zero-order valence-corrected chi connectivity index (χ0v) is 14.0. The molecule has 0 atom stereocenters. The van der Waals surface area contributed by atoms with Gasteiger partial charge >= 0.3 is 0 Å². The van der Waals surface area contributed by atoms with Crippen molar-refractivity contribution in [1.82, 2.24) is 0 Å². The number of anilines is 2. The second-order valence-electron chi connectivity index (χ2n) is 5.71. The standard InChI is InChI=1S/C19H20N2O3/c1-12-4-7-17(10-13(12)2)21-19(24)11-18(23)20-16-8-5-15(6-9-16)14(3)22/h4-10H,11H2,1-3H3,(H,20,23)(H,21,24). The van der Waals surface area contributed by atoms with E-state index >= 15 is 0 Å². The molecule has 0 heterocycles. The van der Waals surface area contributed by atoms with Crippen molar-refractivity contribution in [1.29, 1.82) is 0 Å². The van der Waals surface area contributed by atoms with Crippen LogP contribution in [0.2, 0.25) is 0 Å². The maximum atomic E-state index is 11.9. The molecule has 0 fully saturated rings. The number of aryl methyl sites for hydroxylation is 2. The van der Waals surface area contributed by atoms with Crippen LogP contribution in [0.3, 0.4) is 0 Å². The molecule has 0 radical (unpaired) electrons. The van der Waals surface area contributed by atoms with Gasteiger partial charge in [-0.1, -0.05) is 6.07 Å². The van der Waals surface area contributed by atoms with E-state index in [1.807, 2.05) is 26.0 Å². The first-order valence-corrected chi connectivity index (χ1v) is 7.63. The van der Waals surface area contributed by atoms with Gasteiger partial charge < -0.3 is 10.6 Å². The van der Waals surface area contributed by atoms with Gasteiger partial charge in [-0.2, -0.15) is 0 Å². The number of amides is 2. The van der Waals surface area contributed by atoms with Gasteiger partial charge in [0.15, 0.2) is 5.78 Å². The van der Waals surface area contributed by atoms with Gasteiger partial charge in [0.2, 0.25) is 11.8 Å². The maximum Gasteiger partial charge on any atom is 0.233 e. The lowest BCUT2D eigenvalue weighted by atomic mass is 10.1. The minimum atomic E-state index is -0.410. The van der Waals surface area contributed by atoms with Crippen LogP contribution in [0.15, 0.2) is 42.5 Å². The highest BCUT2D eigenvalue weighted by molar-refractivity contribution is 6.08. The van der Waals surface area contributed by atoms with E-state index in [4.69, 9.17) is 0 Å². The van der Waals surface area contributed by atoms with Gasteiger partial charge in [-0.3, -0.25) is 14.4 Å². The number of benzene rings is 2. The van der Waals surface area contributed by atoms with Crippen LogP contribution in [0, 0.1) is 13.8 Å². The van der Waals surface area contributed by atoms with Crippen LogP contribution < -0.4 is 10.6 Å². The molecule has 0 spiro atoms. The zero-order chi connectivity index (χ0) is 17.7. The van der Waals surface area contributed by atoms with Gasteiger partial charge in [0, 0.05) is 16.9 Å². The molecule has 24 heavy (non-hydrogen) atoms. The van der Waals surface area contributed by atoms with Crippen molar-refractivity contribution in [2.24, 2.45) is 0 Å². The lowest BCUT2D eigenvalue weighted by Gasteiger charge is -2.08. The summed E-state index contributed by atoms with van der Waals surface area (Å²) >= 11 is 0. The molecule has 0 unspecified atom stereocenters. The van der Waals surface area contributed by atoms with Crippen LogP contribution in [0.1, 0.15) is 34.8 Å². The molecule has 0 bridgehead atoms. The summed E-state index contributed by atoms with van der Waals surface area (Å²) in [7, 11) is 0. The zero-order valence-electron chi connectivity index (χ0n) is 14.0. The summed E-state index contributed by atoms with van der Waals surface area (Å²) in [4.78, 5) is 35.1. The fourth-order valence-corrected chi connectivity index (χ4v) is 2.16. The molecule has 2 aromatic carbocycles. The molecule has 0 aliphatic carbocycles. The molecule has 2 aromatic rings. The largest absolute Gasteiger partial charge is 0.326 e. The third-order valence-electron chi connectivity index (χ3n) is 3.69. The number of Topliss-reactive ketones (excluding diaryl/α,β-unsaturated/α-hetero) is 1. The van der Waals surface area contributed by atoms with Gasteiger partial charge in [0.05, 0.1) is 0 Å². The molecule has 2 N–H and O–H groups in total. The maximum absolute atomic E-state index is 11.9. The summed E-state index contributed by atoms with van der Waals surface area (Å²) in [6.07, 6.45) is -0.276. The fraction of sp³-hybridized carbons (Fsp3) is 0.211. The summed E-state index contributed by atoms with van der Waals surface area (Å²) in [6.45, 7) is 5.43. The highest BCUT2D eigenvalue weighted by Crippen LogP contribution is 2.15. The van der Waals surface area contributed by atoms with E-state index in [1.54, 1.807) is 30.3 Å². The molecule has 124 valence electrons. The third-order valence-corrected chi connectivity index (χ3v) is 3.69. The minimum absolute atomic E-state index is 0.0411. The van der Waals surface area contributed by atoms with Gasteiger partial charge in [-0.05, 0) is 68.3 Å². The predicted molar refractivity (Wildman–Crippen MR) is 94.2 cm³/mol. The number of ketones is 1. The summed E-state index contributed by atoms with van der Waals surface area (Å²) < 4.78 is 0. The van der Waals surface area contributed by atoms with Crippen molar-refractivity contribution in [2.45, 2.75) is 27.2 Å². The molecule has 0 aliphatic heterocycles. The first-order valence-electron chi connectivity index (χ1n) is 7.63. The molecule has 5 nitrogen and oxygen atoms in total. The summed E-state index contributed by atoms with van der Waals surface area (Å²) in [5, 5.41) is 5.34. The summed E-state index contributed by atoms with van der Waals surface area (Å²) in [5.41, 5.74) is 3.99. The van der Waals surface area contributed by atoms with E-state index in [-0.39, 0.29) is 18.1 Å². The molecular weight excluding hydrogens is 304 g/mol. The first kappa shape index (κ1) is 17.4. The normalized spacial score (nSPS) is 10.1. The molecule has 5 heteroatoms. The monoisotopic (exact) mass is 324 g/mol. The second kappa shape index (κ2) is 7.55. The molecule has 2 amide bonds. The van der Waals surface area contributed by atoms with Crippen molar-refractivity contribution in [3.63, 3.8) is 0 Å². The molecule has 0 aliphatic rings. The Balaban J connectivity index is 1.90. The van der Waals surface area contributed by atoms with Crippen LogP contribution in [0.5, 0.6) is 0 Å². The minimum Gasteiger partial charge on any atom is -0.326 e. The second-order valence-corrected chi connectivity index (χ2v) is 5.71. The van der Waals surface area contributed by atoms with Crippen molar-refractivity contribution < 1.29 is 14.4 Å². The lowest BCUT2D eigenvalue weighted by molar-refractivity contribution is -0.123. The van der Waals surface area contributed by atoms with Crippen molar-refractivity contribution in [3.05, 3.63) is 59.2 Å². The van der Waals surface area contributed by atoms with Gasteiger partial charge in [0.25, 0.3) is 0 Å². The van der Waals surface area contributed by atoms with E-state index in [1.165, 1.54) is 6.92 Å². The third kappa shape index (κ3) is 4.78. The number of rotatable bonds is 5. The summed E-state index contributed by atoms with van der Waals surface area (Å²) in [6, 6.07) is 12.1. The Morgan fingerprint density at radius 1 is 0.792 bits per heavy atom. The van der Waals surface area contributed by atoms with Crippen molar-refractivity contribution >= 4 is 29.0 Å². The Hall–Kier alpha value is -2.95. The molecule has 0 saturated heterocycles. The van der Waals surface area contributed by atoms with Gasteiger partial charge in [0.1, 0.15) is 6.42 Å². The SMILES string of the molecule is CC(=O)c1ccc(NC(=O)CC(=O)Nc2ccc(C)c(C)c2)cc1. The fourth-order valence-electron chi connectivity index (χ4n) is 2.16. The highest BCUT2D eigenvalue weighted by Gasteiger charge is 2.10. The predicted octanol–water partition coefficient (Wildman–Crippen LogP) is 3.47. The number of hydrogen-bond acceptors (Lipinski definition) is 3. The van der Waals surface area contributed by atoms with Crippen molar-refractivity contribution in [2.75, 3.05) is 10.6 Å². The van der Waals surface area contributed by atoms with Crippen LogP contribution >= 0.6 is 0 Å². The average Bonchev–Trinajstić information content (AvgIpc) is 2.51. The van der Waals surface area contributed by atoms with Crippen LogP contribution in [-0.4, -0.2) is 17.6 Å². The summed E-state index contributed by atoms with van der Waals surface area (Å²) in [5.74, 6) is -0.830. The first-order chi connectivity index (χ1) is 11.3. The van der Waals surface area contributed by atoms with Crippen molar-refractivity contribution in [3.8, 4) is 0 Å². The molecule has 0 saturated carbocycles. The Morgan fingerprint density at radius 2 is 1.33 bits per heavy atom. The van der Waals surface area contributed by atoms with E-state index in [0.717, 1.165) is 11.1 Å². The smallest absolute Gasteiger partial charge is 0.233 e. The van der Waals surface area contributed by atoms with Crippen LogP contribution in [-0.2, 0) is 9.59 Å². The molecule has 0 aromatic heterocycles. The Kier molecular flexibility index (Phi) is 5.47. The lowest BCUT2D eigenvalue weighted by Crippen LogP contribution is -2.21. The topological polar surface area (TPSA) is 75.3 Å². The van der Waals surface area contributed by atoms with Crippen LogP contribution in [0.25, 0.3) is 0 Å². The van der Waals surface area contributed by atoms with Gasteiger partial charge in [-0.25, -0.2) is 0 Å². The highest BCUT2D eigenvalue weighted by atomic mass is 16.2. The molecular formula is C19H20N2O3. The Bertz CT molecular complexity index is 780. The number of hydrogen-bond donors (Lipinski definition) is 2. The van der Waals surface area contributed by atoms with Crippen LogP contribution in [0.4, 0.5) is 11.4 Å². The number of nitrogens with one attached hydrogen (secondary N) is 2. The van der Waals surface area contributed by atoms with E-state index in [9.17, 15) is 14.4 Å². The number of carbonyl (C=O) groups excluding carboxylic acids is 3. The Labute approximate surface area is 141 Å². The van der Waals surface area contributed by atoms with E-state index in [2.05, 4.69) is 10.6 Å². The average molecular weight is 324 g/mol. The van der Waals surface area contributed by atoms with Gasteiger partial charge in [-0.15, -0.1) is 0 Å².